The maximum absolute atomic E-state index is 6.80. The summed E-state index contributed by atoms with van der Waals surface area (Å²) in [4.78, 5) is 9.93. The molecule has 0 aliphatic heterocycles. The Hall–Kier alpha value is -7.89. The molecule has 11 aromatic rings. The van der Waals surface area contributed by atoms with Crippen LogP contribution in [0.5, 0.6) is 0 Å². The molecule has 2 aromatic heterocycles. The van der Waals surface area contributed by atoms with Crippen LogP contribution in [0.4, 0.5) is 34.1 Å². The van der Waals surface area contributed by atoms with Crippen molar-refractivity contribution in [2.45, 2.75) is 0 Å². The molecule has 5 nitrogen and oxygen atoms in total. The van der Waals surface area contributed by atoms with Crippen LogP contribution in [0.15, 0.2) is 221 Å². The van der Waals surface area contributed by atoms with Crippen molar-refractivity contribution in [3.8, 4) is 22.6 Å². The van der Waals surface area contributed by atoms with E-state index < -0.39 is 0 Å². The zero-order valence-electron chi connectivity index (χ0n) is 31.4. The van der Waals surface area contributed by atoms with Gasteiger partial charge in [0.15, 0.2) is 5.58 Å². The summed E-state index contributed by atoms with van der Waals surface area (Å²) in [5, 5.41) is 4.44. The molecule has 0 radical (unpaired) electrons. The van der Waals surface area contributed by atoms with Crippen molar-refractivity contribution in [2.24, 2.45) is 0 Å². The van der Waals surface area contributed by atoms with Crippen LogP contribution in [0.2, 0.25) is 0 Å². The standard InChI is InChI=1S/C53H35N3O2/c1-4-17-37(18-5-1)44-24-12-14-26-47(44)56(42-30-31-50-46(33-42)45-25-13-15-27-49(45)57-50)48-34-43(35-51-52(48)54-53(58-51)38-19-6-2-7-20-38)55(40-22-8-3-9-23-40)41-29-28-36-16-10-11-21-39(36)32-41/h1-35H. The van der Waals surface area contributed by atoms with Crippen LogP contribution in [0.1, 0.15) is 0 Å². The lowest BCUT2D eigenvalue weighted by atomic mass is 10.0. The van der Waals surface area contributed by atoms with Gasteiger partial charge in [0, 0.05) is 45.0 Å². The number of rotatable bonds is 8. The highest BCUT2D eigenvalue weighted by Crippen LogP contribution is 2.48. The average molecular weight is 746 g/mol. The smallest absolute Gasteiger partial charge is 0.227 e. The van der Waals surface area contributed by atoms with Crippen LogP contribution in [0, 0.1) is 0 Å². The largest absolute Gasteiger partial charge is 0.456 e. The van der Waals surface area contributed by atoms with Gasteiger partial charge >= 0.3 is 0 Å². The minimum atomic E-state index is 0.554. The molecule has 2 heterocycles. The highest BCUT2D eigenvalue weighted by molar-refractivity contribution is 6.08. The monoisotopic (exact) mass is 745 g/mol. The topological polar surface area (TPSA) is 45.7 Å². The lowest BCUT2D eigenvalue weighted by Crippen LogP contribution is -2.14. The van der Waals surface area contributed by atoms with Gasteiger partial charge in [-0.15, -0.1) is 0 Å². The molecule has 0 atom stereocenters. The van der Waals surface area contributed by atoms with Crippen molar-refractivity contribution in [1.29, 1.82) is 0 Å². The molecule has 0 bridgehead atoms. The van der Waals surface area contributed by atoms with Crippen molar-refractivity contribution in [3.63, 3.8) is 0 Å². The van der Waals surface area contributed by atoms with E-state index in [0.717, 1.165) is 83.7 Å². The van der Waals surface area contributed by atoms with Gasteiger partial charge in [-0.25, -0.2) is 4.98 Å². The number of anilines is 6. The van der Waals surface area contributed by atoms with Crippen molar-refractivity contribution in [1.82, 2.24) is 4.98 Å². The van der Waals surface area contributed by atoms with Crippen LogP contribution in [0.25, 0.3) is 66.4 Å². The first-order valence-corrected chi connectivity index (χ1v) is 19.5. The van der Waals surface area contributed by atoms with Crippen LogP contribution < -0.4 is 9.80 Å². The Morgan fingerprint density at radius 1 is 0.345 bits per heavy atom. The molecule has 0 saturated heterocycles. The van der Waals surface area contributed by atoms with E-state index in [2.05, 4.69) is 180 Å². The number of aromatic nitrogens is 1. The number of furan rings is 1. The molecule has 0 spiro atoms. The molecule has 274 valence electrons. The highest BCUT2D eigenvalue weighted by atomic mass is 16.3. The van der Waals surface area contributed by atoms with E-state index >= 15 is 0 Å². The van der Waals surface area contributed by atoms with Gasteiger partial charge in [0.1, 0.15) is 16.7 Å². The van der Waals surface area contributed by atoms with Gasteiger partial charge in [-0.3, -0.25) is 0 Å². The maximum atomic E-state index is 6.80. The van der Waals surface area contributed by atoms with E-state index in [1.807, 2.05) is 42.5 Å². The number of nitrogens with zero attached hydrogens (tertiary/aromatic N) is 3. The molecule has 0 fully saturated rings. The summed E-state index contributed by atoms with van der Waals surface area (Å²) in [6.45, 7) is 0. The molecular formula is C53H35N3O2. The van der Waals surface area contributed by atoms with Gasteiger partial charge < -0.3 is 18.6 Å². The summed E-state index contributed by atoms with van der Waals surface area (Å²) in [5.41, 5.74) is 12.0. The summed E-state index contributed by atoms with van der Waals surface area (Å²) < 4.78 is 13.1. The van der Waals surface area contributed by atoms with Gasteiger partial charge in [0.05, 0.1) is 17.1 Å². The van der Waals surface area contributed by atoms with E-state index in [-0.39, 0.29) is 0 Å². The van der Waals surface area contributed by atoms with E-state index in [9.17, 15) is 0 Å². The van der Waals surface area contributed by atoms with Gasteiger partial charge in [-0.05, 0) is 89.1 Å². The molecule has 0 saturated carbocycles. The second-order valence-electron chi connectivity index (χ2n) is 14.4. The van der Waals surface area contributed by atoms with Gasteiger partial charge in [0.2, 0.25) is 5.89 Å². The number of hydrogen-bond acceptors (Lipinski definition) is 5. The molecule has 0 aliphatic rings. The molecule has 11 rings (SSSR count). The Morgan fingerprint density at radius 3 is 1.81 bits per heavy atom. The fourth-order valence-electron chi connectivity index (χ4n) is 8.13. The van der Waals surface area contributed by atoms with E-state index in [1.54, 1.807) is 0 Å². The zero-order chi connectivity index (χ0) is 38.4. The molecular weight excluding hydrogens is 711 g/mol. The number of hydrogen-bond donors (Lipinski definition) is 0. The Morgan fingerprint density at radius 2 is 0.983 bits per heavy atom. The molecule has 5 heteroatoms. The van der Waals surface area contributed by atoms with Crippen molar-refractivity contribution in [2.75, 3.05) is 9.80 Å². The van der Waals surface area contributed by atoms with Gasteiger partial charge in [0.25, 0.3) is 0 Å². The summed E-state index contributed by atoms with van der Waals surface area (Å²) in [7, 11) is 0. The first-order valence-electron chi connectivity index (χ1n) is 19.5. The van der Waals surface area contributed by atoms with Gasteiger partial charge in [-0.2, -0.15) is 0 Å². The maximum Gasteiger partial charge on any atom is 0.227 e. The molecule has 0 N–H and O–H groups in total. The Labute approximate surface area is 335 Å². The van der Waals surface area contributed by atoms with E-state index in [0.29, 0.717) is 11.5 Å². The van der Waals surface area contributed by atoms with Crippen LogP contribution in [0.3, 0.4) is 0 Å². The van der Waals surface area contributed by atoms with Crippen molar-refractivity contribution >= 4 is 77.9 Å². The average Bonchev–Trinajstić information content (AvgIpc) is 3.90. The first kappa shape index (κ1) is 33.4. The second kappa shape index (κ2) is 14.0. The minimum absolute atomic E-state index is 0.554. The van der Waals surface area contributed by atoms with E-state index in [1.165, 1.54) is 5.39 Å². The van der Waals surface area contributed by atoms with E-state index in [4.69, 9.17) is 13.8 Å². The third-order valence-corrected chi connectivity index (χ3v) is 10.8. The third-order valence-electron chi connectivity index (χ3n) is 10.8. The van der Waals surface area contributed by atoms with Crippen LogP contribution in [-0.2, 0) is 0 Å². The number of para-hydroxylation sites is 3. The predicted octanol–water partition coefficient (Wildman–Crippen LogP) is 15.2. The number of benzene rings is 9. The van der Waals surface area contributed by atoms with Gasteiger partial charge in [-0.1, -0.05) is 133 Å². The lowest BCUT2D eigenvalue weighted by molar-refractivity contribution is 0.620. The second-order valence-corrected chi connectivity index (χ2v) is 14.4. The SMILES string of the molecule is c1ccc(-c2nc3c(N(c4ccc5oc6ccccc6c5c4)c4ccccc4-c4ccccc4)cc(N(c4ccccc4)c4ccc5ccccc5c4)cc3o2)cc1. The highest BCUT2D eigenvalue weighted by Gasteiger charge is 2.26. The number of oxazole rings is 1. The third kappa shape index (κ3) is 5.85. The summed E-state index contributed by atoms with van der Waals surface area (Å²) in [6.07, 6.45) is 0. The normalized spacial score (nSPS) is 11.4. The summed E-state index contributed by atoms with van der Waals surface area (Å²) in [6, 6.07) is 73.9. The minimum Gasteiger partial charge on any atom is -0.456 e. The lowest BCUT2D eigenvalue weighted by Gasteiger charge is -2.30. The molecule has 9 aromatic carbocycles. The Kier molecular flexibility index (Phi) is 8.07. The van der Waals surface area contributed by atoms with Crippen molar-refractivity contribution in [3.05, 3.63) is 212 Å². The quantitative estimate of drug-likeness (QED) is 0.155. The molecule has 58 heavy (non-hydrogen) atoms. The Bertz CT molecular complexity index is 3240. The van der Waals surface area contributed by atoms with Crippen molar-refractivity contribution < 1.29 is 8.83 Å². The summed E-state index contributed by atoms with van der Waals surface area (Å²) >= 11 is 0. The fraction of sp³-hybridized carbons (Fsp3) is 0. The summed E-state index contributed by atoms with van der Waals surface area (Å²) in [5.74, 6) is 0.554. The van der Waals surface area contributed by atoms with Crippen LogP contribution in [-0.4, -0.2) is 4.98 Å². The molecule has 0 aliphatic carbocycles. The molecule has 0 amide bonds. The number of fused-ring (bicyclic) bond motifs is 5. The van der Waals surface area contributed by atoms with Crippen LogP contribution >= 0.6 is 0 Å². The molecule has 0 unspecified atom stereocenters. The Balaban J connectivity index is 1.23. The fourth-order valence-corrected chi connectivity index (χ4v) is 8.13. The predicted molar refractivity (Wildman–Crippen MR) is 239 cm³/mol. The zero-order valence-corrected chi connectivity index (χ0v) is 31.4. The first-order chi connectivity index (χ1) is 28.7.